The molecule has 0 aromatic rings. The molecule has 5 heavy (non-hydrogen) atoms. The topological polar surface area (TPSA) is 0 Å². The van der Waals surface area contributed by atoms with Crippen molar-refractivity contribution in [3.8, 4) is 0 Å². The second-order valence-electron chi connectivity index (χ2n) is 0. The van der Waals surface area contributed by atoms with Crippen LogP contribution in [0.15, 0.2) is 0 Å². The molecule has 0 aromatic heterocycles. The predicted octanol–water partition coefficient (Wildman–Crippen LogP) is -1.90. The van der Waals surface area contributed by atoms with Gasteiger partial charge in [-0.3, -0.25) is 0 Å². The summed E-state index contributed by atoms with van der Waals surface area (Å²) < 4.78 is 0. The first-order valence-electron chi connectivity index (χ1n) is 0. The van der Waals surface area contributed by atoms with Crippen LogP contribution in [-0.2, 0) is 0 Å². The Labute approximate surface area is 218 Å². The largest absolute Gasteiger partial charge is 0 e. The van der Waals surface area contributed by atoms with Crippen LogP contribution in [0.1, 0.15) is 0 Å². The molecule has 0 spiro atoms. The van der Waals surface area contributed by atoms with Crippen LogP contribution < -0.4 is 0 Å². The van der Waals surface area contributed by atoms with Gasteiger partial charge in [-0.2, -0.15) is 0 Å². The Morgan fingerprint density at radius 3 is 0.200 bits per heavy atom. The molecule has 0 aliphatic heterocycles. The van der Waals surface area contributed by atoms with Gasteiger partial charge in [0.1, 0.15) is 0 Å². The molecule has 0 saturated carbocycles. The maximum absolute atomic E-state index is 0. The summed E-state index contributed by atoms with van der Waals surface area (Å²) in [5.41, 5.74) is 0. The van der Waals surface area contributed by atoms with Crippen molar-refractivity contribution in [1.82, 2.24) is 0 Å². The molecule has 0 rings (SSSR count). The molecule has 5 heteroatoms. The van der Waals surface area contributed by atoms with Crippen molar-refractivity contribution in [2.24, 2.45) is 0 Å². The van der Waals surface area contributed by atoms with E-state index in [0.717, 1.165) is 0 Å². The molecule has 0 aliphatic rings. The van der Waals surface area contributed by atoms with E-state index in [1.807, 2.05) is 0 Å². The quantitative estimate of drug-likeness (QED) is 0.388. The number of hydrogen-bond donors (Lipinski definition) is 0. The minimum absolute atomic E-state index is 0. The Kier molecular flexibility index (Phi) is 133. The minimum atomic E-state index is 0. The summed E-state index contributed by atoms with van der Waals surface area (Å²) in [7, 11) is 0. The Hall–Kier alpha value is 7.40. The molecule has 0 fully saturated rings. The van der Waals surface area contributed by atoms with Crippen LogP contribution in [0.4, 0.5) is 0 Å². The van der Waals surface area contributed by atoms with Crippen LogP contribution in [0.25, 0.3) is 0 Å². The molecule has 0 amide bonds. The fraction of sp³-hybridized carbons (Fsp3) is 0. The van der Waals surface area contributed by atoms with Crippen molar-refractivity contribution >= 4 is 227 Å². The monoisotopic (exact) mass is 440 g/mol. The normalized spacial score (nSPS) is 0. The molecule has 0 atom stereocenters. The van der Waals surface area contributed by atoms with Crippen LogP contribution in [0, 0.1) is 0 Å². The molecule has 10 radical (unpaired) electrons. The molecule has 0 aromatic carbocycles. The zero-order valence-electron chi connectivity index (χ0n) is 3.54. The Morgan fingerprint density at radius 2 is 0.200 bits per heavy atom. The van der Waals surface area contributed by atoms with Crippen LogP contribution in [0.5, 0.6) is 0 Å². The van der Waals surface area contributed by atoms with Crippen molar-refractivity contribution in [2.75, 3.05) is 0 Å². The zero-order valence-corrected chi connectivity index (χ0v) is 20.9. The van der Waals surface area contributed by atoms with Gasteiger partial charge in [-0.05, 0) is 0 Å². The van der Waals surface area contributed by atoms with Crippen LogP contribution >= 0.6 is 0 Å². The molecule has 0 heterocycles. The second-order valence-corrected chi connectivity index (χ2v) is 0. The fourth-order valence-corrected chi connectivity index (χ4v) is 0. The minimum Gasteiger partial charge on any atom is 0 e. The van der Waals surface area contributed by atoms with Crippen molar-refractivity contribution in [2.45, 2.75) is 0 Å². The van der Waals surface area contributed by atoms with Crippen LogP contribution in [0.3, 0.4) is 0 Å². The van der Waals surface area contributed by atoms with Gasteiger partial charge in [0, 0.05) is 227 Å². The van der Waals surface area contributed by atoms with Crippen molar-refractivity contribution in [1.29, 1.82) is 0 Å². The van der Waals surface area contributed by atoms with Gasteiger partial charge in [-0.25, -0.2) is 0 Å². The third-order valence-electron chi connectivity index (χ3n) is 0. The van der Waals surface area contributed by atoms with E-state index < -0.39 is 0 Å². The second kappa shape index (κ2) is 22.5. The van der Waals surface area contributed by atoms with E-state index in [2.05, 4.69) is 0 Å². The van der Waals surface area contributed by atoms with E-state index in [9.17, 15) is 0 Å². The summed E-state index contributed by atoms with van der Waals surface area (Å²) >= 11 is 0. The van der Waals surface area contributed by atoms with Crippen molar-refractivity contribution in [3.63, 3.8) is 0 Å². The number of hydrogen-bond acceptors (Lipinski definition) is 0. The van der Waals surface area contributed by atoms with Gasteiger partial charge in [-0.15, -0.1) is 0 Å². The van der Waals surface area contributed by atoms with Crippen LogP contribution in [-0.4, -0.2) is 227 Å². The molecule has 10 valence electrons. The average molecular weight is 438 g/mol. The van der Waals surface area contributed by atoms with E-state index in [4.69, 9.17) is 0 Å². The standard InChI is InChI=1S/5Sr. The molecule has 0 saturated heterocycles. The molecule has 0 unspecified atom stereocenters. The molecule has 0 N–H and O–H groups in total. The van der Waals surface area contributed by atoms with Gasteiger partial charge < -0.3 is 0 Å². The average Bonchev–Trinajstić information content (AvgIpc) is 0. The first kappa shape index (κ1) is 29.4. The van der Waals surface area contributed by atoms with Gasteiger partial charge in [0.05, 0.1) is 0 Å². The number of rotatable bonds is 0. The molecule has 0 nitrogen and oxygen atoms in total. The zero-order chi connectivity index (χ0) is 0. The fourth-order valence-electron chi connectivity index (χ4n) is 0. The summed E-state index contributed by atoms with van der Waals surface area (Å²) in [4.78, 5) is 0. The van der Waals surface area contributed by atoms with Gasteiger partial charge >= 0.3 is 0 Å². The van der Waals surface area contributed by atoms with Crippen LogP contribution in [0.2, 0.25) is 0 Å². The van der Waals surface area contributed by atoms with Crippen molar-refractivity contribution in [3.05, 3.63) is 0 Å². The van der Waals surface area contributed by atoms with Crippen molar-refractivity contribution < 1.29 is 0 Å². The third kappa shape index (κ3) is 18.4. The molecule has 0 bridgehead atoms. The Balaban J connectivity index is 0. The summed E-state index contributed by atoms with van der Waals surface area (Å²) in [6.07, 6.45) is 0. The maximum Gasteiger partial charge on any atom is 0 e. The maximum atomic E-state index is 0. The van der Waals surface area contributed by atoms with E-state index in [1.165, 1.54) is 0 Å². The third-order valence-corrected chi connectivity index (χ3v) is 0. The Morgan fingerprint density at radius 1 is 0.200 bits per heavy atom. The summed E-state index contributed by atoms with van der Waals surface area (Å²) in [5, 5.41) is 0. The van der Waals surface area contributed by atoms with E-state index in [0.29, 0.717) is 0 Å². The summed E-state index contributed by atoms with van der Waals surface area (Å²) in [5.74, 6) is 0. The van der Waals surface area contributed by atoms with E-state index in [1.54, 1.807) is 0 Å². The van der Waals surface area contributed by atoms with Gasteiger partial charge in [0.25, 0.3) is 0 Å². The first-order chi connectivity index (χ1) is 0. The summed E-state index contributed by atoms with van der Waals surface area (Å²) in [6, 6.07) is 0. The smallest absolute Gasteiger partial charge is 0 e. The SMILES string of the molecule is [Sr].[Sr].[Sr].[Sr].[Sr]. The van der Waals surface area contributed by atoms with Gasteiger partial charge in [0.2, 0.25) is 0 Å². The predicted molar refractivity (Wildman–Crippen MR) is 28.8 cm³/mol. The van der Waals surface area contributed by atoms with Gasteiger partial charge in [0.15, 0.2) is 0 Å². The summed E-state index contributed by atoms with van der Waals surface area (Å²) in [6.45, 7) is 0. The molecular formula is Sr5. The van der Waals surface area contributed by atoms with E-state index in [-0.39, 0.29) is 227 Å². The first-order valence-corrected chi connectivity index (χ1v) is 0. The Bertz CT molecular complexity index is 0. The van der Waals surface area contributed by atoms with Gasteiger partial charge in [-0.1, -0.05) is 0 Å². The molecular weight excluding hydrogens is 438 g/mol. The molecule has 0 aliphatic carbocycles. The van der Waals surface area contributed by atoms with E-state index >= 15 is 0 Å².